The predicted molar refractivity (Wildman–Crippen MR) is 80.5 cm³/mol. The number of hydrogen-bond donors (Lipinski definition) is 0. The molecule has 0 aliphatic heterocycles. The van der Waals surface area contributed by atoms with Gasteiger partial charge in [-0.15, -0.1) is 11.3 Å². The minimum Gasteiger partial charge on any atom is -0.465 e. The highest BCUT2D eigenvalue weighted by atomic mass is 32.1. The number of ether oxygens (including phenoxy) is 1. The Hall–Kier alpha value is -2.67. The first kappa shape index (κ1) is 14.3. The van der Waals surface area contributed by atoms with Gasteiger partial charge in [0.05, 0.1) is 29.6 Å². The van der Waals surface area contributed by atoms with Crippen LogP contribution in [0.3, 0.4) is 0 Å². The van der Waals surface area contributed by atoms with Crippen LogP contribution in [0.1, 0.15) is 20.0 Å². The van der Waals surface area contributed by atoms with E-state index in [9.17, 15) is 14.4 Å². The number of nitrogens with zero attached hydrogens (tertiary/aromatic N) is 1. The Morgan fingerprint density at radius 3 is 2.82 bits per heavy atom. The van der Waals surface area contributed by atoms with Crippen LogP contribution in [0.25, 0.3) is 11.1 Å². The third kappa shape index (κ3) is 2.46. The fraction of sp³-hybridized carbons (Fsp3) is 0.133. The van der Waals surface area contributed by atoms with E-state index in [1.165, 1.54) is 35.1 Å². The second kappa shape index (κ2) is 5.61. The molecule has 3 aromatic rings. The van der Waals surface area contributed by atoms with Gasteiger partial charge < -0.3 is 9.15 Å². The molecule has 0 N–H and O–H groups in total. The Labute approximate surface area is 128 Å². The van der Waals surface area contributed by atoms with E-state index in [-0.39, 0.29) is 23.5 Å². The molecule has 0 atom stereocenters. The van der Waals surface area contributed by atoms with E-state index in [0.29, 0.717) is 10.4 Å². The Morgan fingerprint density at radius 2 is 2.14 bits per heavy atom. The first-order chi connectivity index (χ1) is 10.6. The van der Waals surface area contributed by atoms with Crippen molar-refractivity contribution in [2.75, 3.05) is 7.11 Å². The van der Waals surface area contributed by atoms with Crippen LogP contribution in [0, 0.1) is 0 Å². The summed E-state index contributed by atoms with van der Waals surface area (Å²) in [5.74, 6) is -1.33. The van der Waals surface area contributed by atoms with Crippen molar-refractivity contribution >= 4 is 34.2 Å². The van der Waals surface area contributed by atoms with Gasteiger partial charge in [0.2, 0.25) is 0 Å². The number of ketones is 1. The minimum absolute atomic E-state index is 0.107. The van der Waals surface area contributed by atoms with Crippen molar-refractivity contribution in [1.29, 1.82) is 0 Å². The lowest BCUT2D eigenvalue weighted by Gasteiger charge is -2.01. The van der Waals surface area contributed by atoms with Crippen LogP contribution in [0.2, 0.25) is 0 Å². The number of thiophene rings is 1. The van der Waals surface area contributed by atoms with Crippen molar-refractivity contribution in [3.63, 3.8) is 0 Å². The van der Waals surface area contributed by atoms with Gasteiger partial charge in [0.25, 0.3) is 0 Å². The number of oxazole rings is 1. The number of esters is 1. The maximum Gasteiger partial charge on any atom is 0.420 e. The van der Waals surface area contributed by atoms with Crippen LogP contribution in [0.5, 0.6) is 0 Å². The molecule has 0 aliphatic rings. The topological polar surface area (TPSA) is 78.5 Å². The van der Waals surface area contributed by atoms with E-state index >= 15 is 0 Å². The number of hydrogen-bond acceptors (Lipinski definition) is 6. The molecule has 3 rings (SSSR count). The number of methoxy groups -OCH3 is 1. The van der Waals surface area contributed by atoms with Crippen LogP contribution in [0.15, 0.2) is 44.9 Å². The van der Waals surface area contributed by atoms with E-state index in [0.717, 1.165) is 0 Å². The molecule has 2 heterocycles. The maximum absolute atomic E-state index is 12.1. The number of fused-ring (bicyclic) bond motifs is 1. The number of rotatable bonds is 4. The molecule has 0 radical (unpaired) electrons. The second-order valence-electron chi connectivity index (χ2n) is 4.53. The molecule has 1 aromatic carbocycles. The molecule has 22 heavy (non-hydrogen) atoms. The molecule has 0 amide bonds. The summed E-state index contributed by atoms with van der Waals surface area (Å²) in [5.41, 5.74) is 0.981. The Balaban J connectivity index is 2.00. The molecule has 0 spiro atoms. The Kier molecular flexibility index (Phi) is 3.64. The van der Waals surface area contributed by atoms with Gasteiger partial charge in [-0.1, -0.05) is 6.07 Å². The van der Waals surface area contributed by atoms with E-state index < -0.39 is 11.7 Å². The van der Waals surface area contributed by atoms with Gasteiger partial charge in [-0.05, 0) is 29.6 Å². The SMILES string of the molecule is COC(=O)c1ccc2c(c1)oc(=O)n2CC(=O)c1cccs1. The molecule has 2 aromatic heterocycles. The molecule has 0 unspecified atom stereocenters. The fourth-order valence-corrected chi connectivity index (χ4v) is 2.78. The molecule has 6 nitrogen and oxygen atoms in total. The van der Waals surface area contributed by atoms with Gasteiger partial charge in [-0.25, -0.2) is 9.59 Å². The van der Waals surface area contributed by atoms with Crippen molar-refractivity contribution in [3.05, 3.63) is 56.7 Å². The van der Waals surface area contributed by atoms with Crippen molar-refractivity contribution in [3.8, 4) is 0 Å². The van der Waals surface area contributed by atoms with Gasteiger partial charge >= 0.3 is 11.7 Å². The van der Waals surface area contributed by atoms with Crippen LogP contribution in [-0.2, 0) is 11.3 Å². The Morgan fingerprint density at radius 1 is 1.32 bits per heavy atom. The predicted octanol–water partition coefficient (Wildman–Crippen LogP) is 2.33. The summed E-state index contributed by atoms with van der Waals surface area (Å²) in [4.78, 5) is 36.1. The Bertz CT molecular complexity index is 904. The summed E-state index contributed by atoms with van der Waals surface area (Å²) in [6, 6.07) is 7.99. The molecule has 112 valence electrons. The molecule has 7 heteroatoms. The average molecular weight is 317 g/mol. The fourth-order valence-electron chi connectivity index (χ4n) is 2.12. The molecular weight excluding hydrogens is 306 g/mol. The van der Waals surface area contributed by atoms with E-state index in [1.807, 2.05) is 0 Å². The zero-order chi connectivity index (χ0) is 15.7. The van der Waals surface area contributed by atoms with Gasteiger partial charge in [0, 0.05) is 0 Å². The third-order valence-electron chi connectivity index (χ3n) is 3.19. The number of Topliss-reactive ketones (excluding diaryl/α,β-unsaturated/α-hetero) is 1. The van der Waals surface area contributed by atoms with Gasteiger partial charge in [0.1, 0.15) is 0 Å². The highest BCUT2D eigenvalue weighted by Gasteiger charge is 2.16. The smallest absolute Gasteiger partial charge is 0.420 e. The van der Waals surface area contributed by atoms with E-state index in [4.69, 9.17) is 4.42 Å². The molecule has 0 fully saturated rings. The molecule has 0 bridgehead atoms. The van der Waals surface area contributed by atoms with E-state index in [1.54, 1.807) is 23.6 Å². The largest absolute Gasteiger partial charge is 0.465 e. The lowest BCUT2D eigenvalue weighted by Crippen LogP contribution is -2.19. The zero-order valence-corrected chi connectivity index (χ0v) is 12.4. The van der Waals surface area contributed by atoms with Crippen LogP contribution < -0.4 is 5.76 Å². The van der Waals surface area contributed by atoms with Crippen LogP contribution in [-0.4, -0.2) is 23.4 Å². The summed E-state index contributed by atoms with van der Waals surface area (Å²) in [7, 11) is 1.27. The molecule has 0 saturated heterocycles. The second-order valence-corrected chi connectivity index (χ2v) is 5.48. The van der Waals surface area contributed by atoms with Crippen LogP contribution >= 0.6 is 11.3 Å². The van der Waals surface area contributed by atoms with Gasteiger partial charge in [-0.3, -0.25) is 9.36 Å². The number of carbonyl (C=O) groups is 2. The first-order valence-electron chi connectivity index (χ1n) is 6.38. The van der Waals surface area contributed by atoms with Crippen molar-refractivity contribution in [2.24, 2.45) is 0 Å². The molecule has 0 aliphatic carbocycles. The number of aromatic nitrogens is 1. The normalized spacial score (nSPS) is 10.8. The zero-order valence-electron chi connectivity index (χ0n) is 11.6. The highest BCUT2D eigenvalue weighted by molar-refractivity contribution is 7.12. The first-order valence-corrected chi connectivity index (χ1v) is 7.26. The van der Waals surface area contributed by atoms with E-state index in [2.05, 4.69) is 4.74 Å². The van der Waals surface area contributed by atoms with Gasteiger partial charge in [-0.2, -0.15) is 0 Å². The lowest BCUT2D eigenvalue weighted by molar-refractivity contribution is 0.0600. The summed E-state index contributed by atoms with van der Waals surface area (Å²) in [5, 5.41) is 1.80. The standard InChI is InChI=1S/C15H11NO5S/c1-20-14(18)9-4-5-10-12(7-9)21-15(19)16(10)8-11(17)13-3-2-6-22-13/h2-7H,8H2,1H3. The van der Waals surface area contributed by atoms with Crippen molar-refractivity contribution < 1.29 is 18.7 Å². The molecular formula is C15H11NO5S. The number of benzene rings is 1. The lowest BCUT2D eigenvalue weighted by atomic mass is 10.2. The summed E-state index contributed by atoms with van der Waals surface area (Å²) in [6.07, 6.45) is 0. The average Bonchev–Trinajstić information content (AvgIpc) is 3.15. The van der Waals surface area contributed by atoms with Crippen LogP contribution in [0.4, 0.5) is 0 Å². The molecule has 0 saturated carbocycles. The van der Waals surface area contributed by atoms with Crippen molar-refractivity contribution in [2.45, 2.75) is 6.54 Å². The number of carbonyl (C=O) groups excluding carboxylic acids is 2. The summed E-state index contributed by atoms with van der Waals surface area (Å²) in [6.45, 7) is -0.107. The van der Waals surface area contributed by atoms with Gasteiger partial charge in [0.15, 0.2) is 11.4 Å². The summed E-state index contributed by atoms with van der Waals surface area (Å²) >= 11 is 1.32. The monoisotopic (exact) mass is 317 g/mol. The minimum atomic E-state index is -0.637. The summed E-state index contributed by atoms with van der Waals surface area (Å²) < 4.78 is 11.0. The third-order valence-corrected chi connectivity index (χ3v) is 4.10. The van der Waals surface area contributed by atoms with Crippen molar-refractivity contribution in [1.82, 2.24) is 4.57 Å². The highest BCUT2D eigenvalue weighted by Crippen LogP contribution is 2.17. The quantitative estimate of drug-likeness (QED) is 0.545. The maximum atomic E-state index is 12.1.